The highest BCUT2D eigenvalue weighted by atomic mass is 32.3. The molecule has 0 bridgehead atoms. The van der Waals surface area contributed by atoms with Crippen molar-refractivity contribution in [3.05, 3.63) is 35.3 Å². The number of rotatable bonds is 6. The van der Waals surface area contributed by atoms with Gasteiger partial charge in [0.05, 0.1) is 11.8 Å². The van der Waals surface area contributed by atoms with Gasteiger partial charge in [-0.1, -0.05) is 0 Å². The van der Waals surface area contributed by atoms with E-state index in [1.165, 1.54) is 6.07 Å². The van der Waals surface area contributed by atoms with Crippen LogP contribution in [0.3, 0.4) is 0 Å². The highest BCUT2D eigenvalue weighted by molar-refractivity contribution is 8.24. The molecule has 12 heteroatoms. The minimum Gasteiger partial charge on any atom is -0.435 e. The predicted octanol–water partition coefficient (Wildman–Crippen LogP) is 4.90. The SMILES string of the molecule is CC(C)n1nc(-c2cc(OC(F)F)ccc2F)c2c1CC(C(=O)NC1(C#N)CCS(O)(O)CC1)CC2. The summed E-state index contributed by atoms with van der Waals surface area (Å²) in [6.45, 7) is 0.759. The predicted molar refractivity (Wildman–Crippen MR) is 128 cm³/mol. The van der Waals surface area contributed by atoms with Gasteiger partial charge in [-0.05, 0) is 44.9 Å². The van der Waals surface area contributed by atoms with E-state index >= 15 is 0 Å². The largest absolute Gasteiger partial charge is 0.435 e. The number of hydrogen-bond acceptors (Lipinski definition) is 6. The Morgan fingerprint density at radius 3 is 2.64 bits per heavy atom. The molecule has 1 unspecified atom stereocenters. The van der Waals surface area contributed by atoms with Crippen molar-refractivity contribution >= 4 is 16.5 Å². The average molecular weight is 527 g/mol. The Balaban J connectivity index is 1.60. The number of benzene rings is 1. The van der Waals surface area contributed by atoms with Gasteiger partial charge in [-0.3, -0.25) is 18.6 Å². The van der Waals surface area contributed by atoms with E-state index in [0.29, 0.717) is 25.0 Å². The van der Waals surface area contributed by atoms with Crippen molar-refractivity contribution < 1.29 is 31.8 Å². The number of amides is 1. The van der Waals surface area contributed by atoms with E-state index < -0.39 is 34.5 Å². The topological polar surface area (TPSA) is 120 Å². The van der Waals surface area contributed by atoms with Crippen LogP contribution in [0.15, 0.2) is 18.2 Å². The maximum Gasteiger partial charge on any atom is 0.387 e. The molecule has 1 aromatic heterocycles. The fourth-order valence-corrected chi connectivity index (χ4v) is 6.43. The number of carbonyl (C=O) groups is 1. The van der Waals surface area contributed by atoms with Crippen LogP contribution in [0.25, 0.3) is 11.3 Å². The van der Waals surface area contributed by atoms with Gasteiger partial charge in [0.2, 0.25) is 5.91 Å². The minimum absolute atomic E-state index is 0.0522. The van der Waals surface area contributed by atoms with Gasteiger partial charge in [0.1, 0.15) is 17.1 Å². The fourth-order valence-electron chi connectivity index (χ4n) is 4.87. The molecule has 1 aliphatic carbocycles. The molecule has 1 aliphatic heterocycles. The number of aromatic nitrogens is 2. The Bertz CT molecular complexity index is 1180. The van der Waals surface area contributed by atoms with E-state index in [4.69, 9.17) is 0 Å². The number of nitrogens with one attached hydrogen (secondary N) is 1. The molecule has 1 amide bonds. The smallest absolute Gasteiger partial charge is 0.387 e. The number of nitrogens with zero attached hydrogens (tertiary/aromatic N) is 3. The van der Waals surface area contributed by atoms with Crippen LogP contribution in [0.1, 0.15) is 50.4 Å². The van der Waals surface area contributed by atoms with Crippen LogP contribution in [0.2, 0.25) is 0 Å². The second-order valence-electron chi connectivity index (χ2n) is 9.67. The Morgan fingerprint density at radius 2 is 2.03 bits per heavy atom. The van der Waals surface area contributed by atoms with Crippen LogP contribution >= 0.6 is 10.6 Å². The molecule has 1 fully saturated rings. The van der Waals surface area contributed by atoms with Crippen molar-refractivity contribution in [3.8, 4) is 23.1 Å². The molecule has 2 heterocycles. The first-order chi connectivity index (χ1) is 16.9. The number of ether oxygens (including phenoxy) is 1. The summed E-state index contributed by atoms with van der Waals surface area (Å²) in [5, 5.41) is 17.2. The van der Waals surface area contributed by atoms with Gasteiger partial charge in [0, 0.05) is 59.5 Å². The zero-order valence-electron chi connectivity index (χ0n) is 20.0. The molecule has 0 saturated carbocycles. The van der Waals surface area contributed by atoms with Crippen molar-refractivity contribution in [1.29, 1.82) is 5.26 Å². The number of halogens is 3. The first-order valence-electron chi connectivity index (χ1n) is 11.8. The quantitative estimate of drug-likeness (QED) is 0.493. The maximum absolute atomic E-state index is 14.8. The molecule has 8 nitrogen and oxygen atoms in total. The molecule has 2 aliphatic rings. The van der Waals surface area contributed by atoms with Gasteiger partial charge < -0.3 is 10.1 Å². The van der Waals surface area contributed by atoms with E-state index in [0.717, 1.165) is 23.4 Å². The molecule has 0 radical (unpaired) electrons. The molecule has 1 atom stereocenters. The number of nitriles is 1. The summed E-state index contributed by atoms with van der Waals surface area (Å²) in [4.78, 5) is 13.2. The number of alkyl halides is 2. The summed E-state index contributed by atoms with van der Waals surface area (Å²) >= 11 is 0. The lowest BCUT2D eigenvalue weighted by Gasteiger charge is -2.43. The van der Waals surface area contributed by atoms with Crippen LogP contribution in [-0.4, -0.2) is 48.4 Å². The number of carbonyl (C=O) groups excluding carboxylic acids is 1. The molecule has 2 aromatic rings. The Labute approximate surface area is 208 Å². The molecular weight excluding hydrogens is 497 g/mol. The molecule has 196 valence electrons. The zero-order valence-corrected chi connectivity index (χ0v) is 20.8. The lowest BCUT2D eigenvalue weighted by atomic mass is 9.84. The monoisotopic (exact) mass is 526 g/mol. The van der Waals surface area contributed by atoms with Gasteiger partial charge in [-0.15, -0.1) is 0 Å². The van der Waals surface area contributed by atoms with E-state index in [1.807, 2.05) is 13.8 Å². The summed E-state index contributed by atoms with van der Waals surface area (Å²) in [7, 11) is -2.71. The summed E-state index contributed by atoms with van der Waals surface area (Å²) in [5.41, 5.74) is 0.756. The Morgan fingerprint density at radius 1 is 1.33 bits per heavy atom. The van der Waals surface area contributed by atoms with Crippen LogP contribution < -0.4 is 10.1 Å². The lowest BCUT2D eigenvalue weighted by Crippen LogP contribution is -2.53. The zero-order chi connectivity index (χ0) is 26.3. The third-order valence-electron chi connectivity index (χ3n) is 6.87. The van der Waals surface area contributed by atoms with Crippen LogP contribution in [-0.2, 0) is 17.6 Å². The minimum atomic E-state index is -3.04. The van der Waals surface area contributed by atoms with Crippen molar-refractivity contribution in [2.24, 2.45) is 5.92 Å². The summed E-state index contributed by atoms with van der Waals surface area (Å²) in [6.07, 6.45) is 1.49. The third-order valence-corrected chi connectivity index (χ3v) is 8.58. The highest BCUT2D eigenvalue weighted by Gasteiger charge is 2.41. The fraction of sp³-hybridized carbons (Fsp3) is 0.542. The summed E-state index contributed by atoms with van der Waals surface area (Å²) in [6, 6.07) is 5.46. The van der Waals surface area contributed by atoms with Gasteiger partial charge in [-0.25, -0.2) is 4.39 Å². The van der Waals surface area contributed by atoms with Crippen molar-refractivity contribution in [2.45, 2.75) is 64.1 Å². The lowest BCUT2D eigenvalue weighted by molar-refractivity contribution is -0.126. The highest BCUT2D eigenvalue weighted by Crippen LogP contribution is 2.47. The van der Waals surface area contributed by atoms with Crippen LogP contribution in [0, 0.1) is 23.1 Å². The second kappa shape index (κ2) is 9.95. The molecular formula is C24H29F3N4O4S. The number of fused-ring (bicyclic) bond motifs is 1. The number of hydrogen-bond donors (Lipinski definition) is 3. The van der Waals surface area contributed by atoms with Crippen molar-refractivity contribution in [3.63, 3.8) is 0 Å². The average Bonchev–Trinajstić information content (AvgIpc) is 3.20. The maximum atomic E-state index is 14.8. The first kappa shape index (κ1) is 26.3. The van der Waals surface area contributed by atoms with E-state index in [9.17, 15) is 32.3 Å². The molecule has 3 N–H and O–H groups in total. The first-order valence-corrected chi connectivity index (χ1v) is 13.6. The van der Waals surface area contributed by atoms with Gasteiger partial charge in [0.25, 0.3) is 0 Å². The van der Waals surface area contributed by atoms with Crippen molar-refractivity contribution in [2.75, 3.05) is 11.5 Å². The molecule has 0 spiro atoms. The normalized spacial score (nSPS) is 21.5. The van der Waals surface area contributed by atoms with Crippen LogP contribution in [0.5, 0.6) is 5.75 Å². The summed E-state index contributed by atoms with van der Waals surface area (Å²) in [5.74, 6) is -1.40. The van der Waals surface area contributed by atoms with E-state index in [-0.39, 0.29) is 47.6 Å². The van der Waals surface area contributed by atoms with E-state index in [2.05, 4.69) is 21.2 Å². The third kappa shape index (κ3) is 5.33. The van der Waals surface area contributed by atoms with Gasteiger partial charge in [0.15, 0.2) is 0 Å². The molecule has 4 rings (SSSR count). The molecule has 36 heavy (non-hydrogen) atoms. The van der Waals surface area contributed by atoms with Crippen molar-refractivity contribution in [1.82, 2.24) is 15.1 Å². The van der Waals surface area contributed by atoms with Crippen LogP contribution in [0.4, 0.5) is 13.2 Å². The summed E-state index contributed by atoms with van der Waals surface area (Å²) < 4.78 is 66.1. The second-order valence-corrected chi connectivity index (χ2v) is 12.1. The Kier molecular flexibility index (Phi) is 7.28. The van der Waals surface area contributed by atoms with Gasteiger partial charge in [-0.2, -0.15) is 29.7 Å². The standard InChI is InChI=1S/C24H29F3N4O4S/c1-14(2)31-20-11-15(22(32)29-24(13-28)7-9-36(33,34)10-8-24)3-5-17(20)21(30-31)18-12-16(35-23(26)27)4-6-19(18)25/h4,6,12,14-15,23,33-34H,3,5,7-11H2,1-2H3,(H,29,32). The molecule has 1 saturated heterocycles. The Hall–Kier alpha value is -2.75. The van der Waals surface area contributed by atoms with E-state index in [1.54, 1.807) is 4.68 Å². The van der Waals surface area contributed by atoms with Gasteiger partial charge >= 0.3 is 6.61 Å². The molecule has 1 aromatic carbocycles.